The number of amides is 2. The lowest BCUT2D eigenvalue weighted by molar-refractivity contribution is -0.115. The van der Waals surface area contributed by atoms with Crippen molar-refractivity contribution in [3.63, 3.8) is 0 Å². The van der Waals surface area contributed by atoms with E-state index in [1.807, 2.05) is 24.3 Å². The number of carbonyl (C=O) groups is 2. The third kappa shape index (κ3) is 5.78. The summed E-state index contributed by atoms with van der Waals surface area (Å²) in [6.45, 7) is 1.68. The minimum absolute atomic E-state index is 0.0998. The van der Waals surface area contributed by atoms with Crippen LogP contribution in [0.3, 0.4) is 0 Å². The van der Waals surface area contributed by atoms with Gasteiger partial charge in [-0.05, 0) is 65.9 Å². The molecule has 23 heavy (non-hydrogen) atoms. The van der Waals surface area contributed by atoms with E-state index in [4.69, 9.17) is 0 Å². The number of hydrogen-bond donors (Lipinski definition) is 2. The first-order chi connectivity index (χ1) is 11.0. The monoisotopic (exact) mass is 422 g/mol. The lowest BCUT2D eigenvalue weighted by Gasteiger charge is -2.05. The SMILES string of the molecule is C/C(CC(=O)Nc1ccc(I)cc1)=N\NC(=O)c1ccncc1. The highest BCUT2D eigenvalue weighted by molar-refractivity contribution is 14.1. The maximum absolute atomic E-state index is 11.9. The average Bonchev–Trinajstić information content (AvgIpc) is 2.55. The first-order valence-electron chi connectivity index (χ1n) is 6.83. The molecular formula is C16H15IN4O2. The third-order valence-electron chi connectivity index (χ3n) is 2.84. The van der Waals surface area contributed by atoms with Gasteiger partial charge in [0.05, 0.1) is 6.42 Å². The molecule has 2 aromatic rings. The maximum Gasteiger partial charge on any atom is 0.271 e. The average molecular weight is 422 g/mol. The Balaban J connectivity index is 1.85. The van der Waals surface area contributed by atoms with Gasteiger partial charge in [-0.25, -0.2) is 5.43 Å². The first kappa shape index (κ1) is 17.1. The standard InChI is InChI=1S/C16H15IN4O2/c1-11(20-21-16(23)12-6-8-18-9-7-12)10-15(22)19-14-4-2-13(17)3-5-14/h2-9H,10H2,1H3,(H,19,22)(H,21,23)/b20-11+. The Morgan fingerprint density at radius 2 is 1.78 bits per heavy atom. The quantitative estimate of drug-likeness (QED) is 0.442. The van der Waals surface area contributed by atoms with Crippen LogP contribution in [-0.2, 0) is 4.79 Å². The number of halogens is 1. The van der Waals surface area contributed by atoms with Crippen molar-refractivity contribution < 1.29 is 9.59 Å². The summed E-state index contributed by atoms with van der Waals surface area (Å²) in [4.78, 5) is 27.6. The number of nitrogens with one attached hydrogen (secondary N) is 2. The van der Waals surface area contributed by atoms with E-state index in [1.165, 1.54) is 12.4 Å². The molecule has 0 aliphatic heterocycles. The van der Waals surface area contributed by atoms with Gasteiger partial charge in [-0.1, -0.05) is 0 Å². The molecule has 0 radical (unpaired) electrons. The molecule has 1 aromatic carbocycles. The van der Waals surface area contributed by atoms with Crippen LogP contribution in [0, 0.1) is 3.57 Å². The second-order valence-electron chi connectivity index (χ2n) is 4.76. The summed E-state index contributed by atoms with van der Waals surface area (Å²) in [5, 5.41) is 6.71. The number of hydrazone groups is 1. The van der Waals surface area contributed by atoms with Gasteiger partial charge in [0.2, 0.25) is 5.91 Å². The predicted octanol–water partition coefficient (Wildman–Crippen LogP) is 2.82. The Hall–Kier alpha value is -2.29. The van der Waals surface area contributed by atoms with Crippen LogP contribution >= 0.6 is 22.6 Å². The van der Waals surface area contributed by atoms with E-state index in [-0.39, 0.29) is 18.2 Å². The summed E-state index contributed by atoms with van der Waals surface area (Å²) < 4.78 is 1.09. The molecule has 0 aliphatic rings. The van der Waals surface area contributed by atoms with Gasteiger partial charge in [0.15, 0.2) is 0 Å². The minimum Gasteiger partial charge on any atom is -0.326 e. The number of hydrogen-bond acceptors (Lipinski definition) is 4. The molecule has 7 heteroatoms. The van der Waals surface area contributed by atoms with Crippen molar-refractivity contribution in [2.75, 3.05) is 5.32 Å². The van der Waals surface area contributed by atoms with Crippen LogP contribution in [0.15, 0.2) is 53.9 Å². The van der Waals surface area contributed by atoms with Gasteiger partial charge in [0.25, 0.3) is 5.91 Å². The van der Waals surface area contributed by atoms with Crippen LogP contribution in [0.5, 0.6) is 0 Å². The van der Waals surface area contributed by atoms with Gasteiger partial charge in [0.1, 0.15) is 0 Å². The zero-order valence-electron chi connectivity index (χ0n) is 12.4. The summed E-state index contributed by atoms with van der Waals surface area (Å²) in [7, 11) is 0. The van der Waals surface area contributed by atoms with E-state index < -0.39 is 0 Å². The second kappa shape index (κ2) is 8.37. The number of nitrogens with zero attached hydrogens (tertiary/aromatic N) is 2. The first-order valence-corrected chi connectivity index (χ1v) is 7.91. The molecule has 2 rings (SSSR count). The highest BCUT2D eigenvalue weighted by Gasteiger charge is 2.06. The Bertz CT molecular complexity index is 715. The van der Waals surface area contributed by atoms with Crippen molar-refractivity contribution in [2.24, 2.45) is 5.10 Å². The molecule has 0 atom stereocenters. The lowest BCUT2D eigenvalue weighted by atomic mass is 10.2. The summed E-state index contributed by atoms with van der Waals surface area (Å²) in [5.41, 5.74) is 4.11. The zero-order chi connectivity index (χ0) is 16.7. The van der Waals surface area contributed by atoms with E-state index in [9.17, 15) is 9.59 Å². The van der Waals surface area contributed by atoms with E-state index in [2.05, 4.69) is 43.4 Å². The van der Waals surface area contributed by atoms with Crippen molar-refractivity contribution in [2.45, 2.75) is 13.3 Å². The van der Waals surface area contributed by atoms with Crippen LogP contribution in [0.25, 0.3) is 0 Å². The summed E-state index contributed by atoms with van der Waals surface area (Å²) in [5.74, 6) is -0.532. The van der Waals surface area contributed by atoms with Crippen LogP contribution in [0.4, 0.5) is 5.69 Å². The summed E-state index contributed by atoms with van der Waals surface area (Å²) in [6, 6.07) is 10.7. The molecule has 0 unspecified atom stereocenters. The van der Waals surface area contributed by atoms with Crippen molar-refractivity contribution in [3.05, 3.63) is 57.9 Å². The number of pyridine rings is 1. The van der Waals surface area contributed by atoms with Gasteiger partial charge in [-0.15, -0.1) is 0 Å². The molecule has 1 heterocycles. The van der Waals surface area contributed by atoms with Crippen molar-refractivity contribution in [3.8, 4) is 0 Å². The zero-order valence-corrected chi connectivity index (χ0v) is 14.6. The van der Waals surface area contributed by atoms with Gasteiger partial charge in [-0.2, -0.15) is 5.10 Å². The fourth-order valence-electron chi connectivity index (χ4n) is 1.72. The number of aromatic nitrogens is 1. The Morgan fingerprint density at radius 1 is 1.13 bits per heavy atom. The number of carbonyl (C=O) groups excluding carboxylic acids is 2. The smallest absolute Gasteiger partial charge is 0.271 e. The molecule has 0 saturated heterocycles. The Labute approximate surface area is 147 Å². The fourth-order valence-corrected chi connectivity index (χ4v) is 2.08. The van der Waals surface area contributed by atoms with Crippen molar-refractivity contribution in [1.29, 1.82) is 0 Å². The van der Waals surface area contributed by atoms with Crippen LogP contribution in [0.1, 0.15) is 23.7 Å². The molecule has 118 valence electrons. The number of rotatable bonds is 5. The Morgan fingerprint density at radius 3 is 2.43 bits per heavy atom. The maximum atomic E-state index is 11.9. The minimum atomic E-state index is -0.343. The molecule has 0 bridgehead atoms. The molecule has 1 aromatic heterocycles. The predicted molar refractivity (Wildman–Crippen MR) is 97.2 cm³/mol. The molecule has 2 N–H and O–H groups in total. The van der Waals surface area contributed by atoms with Crippen LogP contribution < -0.4 is 10.7 Å². The van der Waals surface area contributed by atoms with Crippen molar-refractivity contribution in [1.82, 2.24) is 10.4 Å². The molecule has 0 spiro atoms. The largest absolute Gasteiger partial charge is 0.326 e. The number of benzene rings is 1. The van der Waals surface area contributed by atoms with E-state index in [0.29, 0.717) is 11.3 Å². The van der Waals surface area contributed by atoms with E-state index in [1.54, 1.807) is 19.1 Å². The van der Waals surface area contributed by atoms with Gasteiger partial charge in [0, 0.05) is 32.9 Å². The normalized spacial score (nSPS) is 11.0. The fraction of sp³-hybridized carbons (Fsp3) is 0.125. The lowest BCUT2D eigenvalue weighted by Crippen LogP contribution is -2.21. The summed E-state index contributed by atoms with van der Waals surface area (Å²) >= 11 is 2.20. The highest BCUT2D eigenvalue weighted by Crippen LogP contribution is 2.11. The molecule has 0 fully saturated rings. The van der Waals surface area contributed by atoms with E-state index in [0.717, 1.165) is 9.26 Å². The number of anilines is 1. The van der Waals surface area contributed by atoms with Crippen LogP contribution in [0.2, 0.25) is 0 Å². The molecular weight excluding hydrogens is 407 g/mol. The van der Waals surface area contributed by atoms with Crippen LogP contribution in [-0.4, -0.2) is 22.5 Å². The van der Waals surface area contributed by atoms with Crippen molar-refractivity contribution >= 4 is 45.8 Å². The summed E-state index contributed by atoms with van der Waals surface area (Å²) in [6.07, 6.45) is 3.16. The van der Waals surface area contributed by atoms with Gasteiger partial charge in [-0.3, -0.25) is 14.6 Å². The molecule has 0 saturated carbocycles. The third-order valence-corrected chi connectivity index (χ3v) is 3.55. The highest BCUT2D eigenvalue weighted by atomic mass is 127. The molecule has 2 amide bonds. The van der Waals surface area contributed by atoms with Gasteiger partial charge >= 0.3 is 0 Å². The molecule has 6 nitrogen and oxygen atoms in total. The Kier molecular flexibility index (Phi) is 6.21. The molecule has 0 aliphatic carbocycles. The topological polar surface area (TPSA) is 83.5 Å². The van der Waals surface area contributed by atoms with Gasteiger partial charge < -0.3 is 5.32 Å². The second-order valence-corrected chi connectivity index (χ2v) is 6.00. The van der Waals surface area contributed by atoms with E-state index >= 15 is 0 Å².